The average molecular weight is 489 g/mol. The molecule has 0 bridgehead atoms. The fourth-order valence-electron chi connectivity index (χ4n) is 3.64. The normalized spacial score (nSPS) is 16.4. The van der Waals surface area contributed by atoms with Gasteiger partial charge in [0, 0.05) is 28.9 Å². The molecule has 4 rings (SSSR count). The number of carbonyl (C=O) groups excluding carboxylic acids is 1. The van der Waals surface area contributed by atoms with E-state index >= 15 is 0 Å². The summed E-state index contributed by atoms with van der Waals surface area (Å²) in [5.74, 6) is -0.757. The van der Waals surface area contributed by atoms with Gasteiger partial charge in [0.15, 0.2) is 0 Å². The number of alkyl halides is 6. The first-order valence-corrected chi connectivity index (χ1v) is 10.1. The highest BCUT2D eigenvalue weighted by atomic mass is 35.5. The molecule has 1 N–H and O–H groups in total. The highest BCUT2D eigenvalue weighted by Gasteiger charge is 2.34. The molecule has 1 amide bonds. The van der Waals surface area contributed by atoms with E-state index < -0.39 is 35.6 Å². The lowest BCUT2D eigenvalue weighted by molar-refractivity contribution is -0.141. The van der Waals surface area contributed by atoms with Gasteiger partial charge in [-0.05, 0) is 49.2 Å². The monoisotopic (exact) mass is 488 g/mol. The van der Waals surface area contributed by atoms with Crippen molar-refractivity contribution in [3.8, 4) is 11.3 Å². The van der Waals surface area contributed by atoms with E-state index in [0.29, 0.717) is 31.1 Å². The van der Waals surface area contributed by atoms with Crippen LogP contribution in [0.3, 0.4) is 0 Å². The van der Waals surface area contributed by atoms with Crippen molar-refractivity contribution in [1.29, 1.82) is 0 Å². The van der Waals surface area contributed by atoms with Crippen molar-refractivity contribution in [1.82, 2.24) is 20.1 Å². The Morgan fingerprint density at radius 1 is 1.06 bits per heavy atom. The van der Waals surface area contributed by atoms with Crippen LogP contribution in [0.2, 0.25) is 5.02 Å². The first kappa shape index (κ1) is 23.1. The maximum atomic E-state index is 13.1. The molecule has 1 aromatic carbocycles. The molecule has 12 heteroatoms. The number of benzene rings is 1. The lowest BCUT2D eigenvalue weighted by atomic mass is 10.0. The van der Waals surface area contributed by atoms with Crippen molar-refractivity contribution in [2.75, 3.05) is 0 Å². The highest BCUT2D eigenvalue weighted by molar-refractivity contribution is 6.31. The second kappa shape index (κ2) is 8.36. The molecule has 0 unspecified atom stereocenters. The summed E-state index contributed by atoms with van der Waals surface area (Å²) in [7, 11) is 0. The quantitative estimate of drug-likeness (QED) is 0.467. The van der Waals surface area contributed by atoms with Gasteiger partial charge < -0.3 is 5.32 Å². The maximum Gasteiger partial charge on any atom is 0.433 e. The largest absolute Gasteiger partial charge is 0.433 e. The van der Waals surface area contributed by atoms with Gasteiger partial charge in [-0.1, -0.05) is 11.6 Å². The van der Waals surface area contributed by atoms with Gasteiger partial charge in [0.1, 0.15) is 5.69 Å². The third kappa shape index (κ3) is 4.97. The predicted octanol–water partition coefficient (Wildman–Crippen LogP) is 5.90. The molecule has 3 heterocycles. The first-order chi connectivity index (χ1) is 15.4. The summed E-state index contributed by atoms with van der Waals surface area (Å²) in [6, 6.07) is 5.80. The Bertz CT molecular complexity index is 1200. The number of pyridine rings is 1. The van der Waals surface area contributed by atoms with Crippen LogP contribution in [0, 0.1) is 0 Å². The van der Waals surface area contributed by atoms with Gasteiger partial charge in [0.2, 0.25) is 0 Å². The third-order valence-electron chi connectivity index (χ3n) is 5.17. The minimum atomic E-state index is -4.67. The number of amides is 1. The molecule has 0 saturated heterocycles. The van der Waals surface area contributed by atoms with Crippen LogP contribution in [0.25, 0.3) is 11.3 Å². The molecule has 0 fully saturated rings. The van der Waals surface area contributed by atoms with Gasteiger partial charge in [-0.2, -0.15) is 31.4 Å². The summed E-state index contributed by atoms with van der Waals surface area (Å²) in [6.07, 6.45) is -7.16. The van der Waals surface area contributed by atoms with Crippen LogP contribution in [0.1, 0.15) is 46.2 Å². The summed E-state index contributed by atoms with van der Waals surface area (Å²) in [6.45, 7) is 0.480. The van der Waals surface area contributed by atoms with Crippen molar-refractivity contribution < 1.29 is 31.1 Å². The summed E-state index contributed by atoms with van der Waals surface area (Å²) in [5.41, 5.74) is -1.36. The fraction of sp³-hybridized carbons (Fsp3) is 0.286. The molecule has 1 atom stereocenters. The minimum Gasteiger partial charge on any atom is -0.344 e. The Morgan fingerprint density at radius 2 is 1.82 bits per heavy atom. The number of carbonyl (C=O) groups is 1. The van der Waals surface area contributed by atoms with Crippen molar-refractivity contribution in [2.24, 2.45) is 0 Å². The molecule has 0 radical (unpaired) electrons. The topological polar surface area (TPSA) is 59.8 Å². The number of nitrogens with zero attached hydrogens (tertiary/aromatic N) is 3. The lowest BCUT2D eigenvalue weighted by Gasteiger charge is -2.24. The molecule has 3 aromatic rings. The number of halogens is 7. The summed E-state index contributed by atoms with van der Waals surface area (Å²) >= 11 is 5.76. The van der Waals surface area contributed by atoms with Crippen LogP contribution in [0.5, 0.6) is 0 Å². The van der Waals surface area contributed by atoms with Gasteiger partial charge in [-0.3, -0.25) is 14.5 Å². The Morgan fingerprint density at radius 3 is 2.52 bits per heavy atom. The number of nitrogens with one attached hydrogen (secondary N) is 1. The summed E-state index contributed by atoms with van der Waals surface area (Å²) in [5, 5.41) is 6.78. The molecule has 174 valence electrons. The van der Waals surface area contributed by atoms with Crippen molar-refractivity contribution in [3.05, 3.63) is 70.1 Å². The molecule has 5 nitrogen and oxygen atoms in total. The van der Waals surface area contributed by atoms with Gasteiger partial charge in [-0.25, -0.2) is 0 Å². The minimum absolute atomic E-state index is 0.203. The Hall–Kier alpha value is -3.08. The highest BCUT2D eigenvalue weighted by Crippen LogP contribution is 2.34. The number of fused-ring (bicyclic) bond motifs is 1. The number of aromatic nitrogens is 3. The van der Waals surface area contributed by atoms with Crippen LogP contribution >= 0.6 is 11.6 Å². The molecule has 2 aromatic heterocycles. The number of hydrogen-bond donors (Lipinski definition) is 1. The molecular weight excluding hydrogens is 474 g/mol. The van der Waals surface area contributed by atoms with Crippen LogP contribution in [0.4, 0.5) is 26.3 Å². The molecule has 0 spiro atoms. The molecule has 1 aliphatic heterocycles. The third-order valence-corrected chi connectivity index (χ3v) is 5.39. The zero-order chi connectivity index (χ0) is 24.0. The van der Waals surface area contributed by atoms with Crippen molar-refractivity contribution in [2.45, 2.75) is 37.8 Å². The summed E-state index contributed by atoms with van der Waals surface area (Å²) < 4.78 is 79.7. The average Bonchev–Trinajstić information content (AvgIpc) is 3.17. The van der Waals surface area contributed by atoms with Gasteiger partial charge in [0.25, 0.3) is 5.91 Å². The van der Waals surface area contributed by atoms with Gasteiger partial charge >= 0.3 is 12.4 Å². The van der Waals surface area contributed by atoms with Crippen LogP contribution in [-0.2, 0) is 18.9 Å². The smallest absolute Gasteiger partial charge is 0.344 e. The Labute approximate surface area is 188 Å². The fourth-order valence-corrected chi connectivity index (χ4v) is 3.88. The van der Waals surface area contributed by atoms with E-state index in [4.69, 9.17) is 11.6 Å². The second-order valence-electron chi connectivity index (χ2n) is 7.50. The van der Waals surface area contributed by atoms with E-state index in [0.717, 1.165) is 24.4 Å². The zero-order valence-electron chi connectivity index (χ0n) is 16.6. The van der Waals surface area contributed by atoms with E-state index in [1.54, 1.807) is 10.7 Å². The Kier molecular flexibility index (Phi) is 5.85. The van der Waals surface area contributed by atoms with E-state index in [1.807, 2.05) is 0 Å². The SMILES string of the molecule is O=C(N[C@H]1CCCn2nc(-c3ccnc(C(F)(F)F)c3)cc21)c1cc(Cl)cc(C(F)(F)F)c1. The van der Waals surface area contributed by atoms with E-state index in [2.05, 4.69) is 15.4 Å². The standard InChI is InChI=1S/C21H15ClF6N4O/c22-14-7-12(6-13(9-14)20(23,24)25)19(33)30-15-2-1-5-32-17(15)10-16(31-32)11-3-4-29-18(8-11)21(26,27)28/h3-4,6-10,15H,1-2,5H2,(H,30,33)/t15-/m0/s1. The van der Waals surface area contributed by atoms with E-state index in [1.165, 1.54) is 6.07 Å². The molecule has 0 aliphatic carbocycles. The predicted molar refractivity (Wildman–Crippen MR) is 106 cm³/mol. The van der Waals surface area contributed by atoms with Crippen molar-refractivity contribution >= 4 is 17.5 Å². The molecule has 33 heavy (non-hydrogen) atoms. The zero-order valence-corrected chi connectivity index (χ0v) is 17.4. The van der Waals surface area contributed by atoms with E-state index in [9.17, 15) is 31.1 Å². The van der Waals surface area contributed by atoms with Crippen LogP contribution in [-0.4, -0.2) is 20.7 Å². The van der Waals surface area contributed by atoms with Crippen LogP contribution < -0.4 is 5.32 Å². The number of hydrogen-bond acceptors (Lipinski definition) is 3. The van der Waals surface area contributed by atoms with Crippen LogP contribution in [0.15, 0.2) is 42.6 Å². The Balaban J connectivity index is 1.61. The summed E-state index contributed by atoms with van der Waals surface area (Å²) in [4.78, 5) is 16.0. The number of rotatable bonds is 3. The van der Waals surface area contributed by atoms with E-state index in [-0.39, 0.29) is 21.8 Å². The second-order valence-corrected chi connectivity index (χ2v) is 7.94. The lowest BCUT2D eigenvalue weighted by Crippen LogP contribution is -2.32. The van der Waals surface area contributed by atoms with Gasteiger partial charge in [-0.15, -0.1) is 0 Å². The van der Waals surface area contributed by atoms with Gasteiger partial charge in [0.05, 0.1) is 23.0 Å². The molecular formula is C21H15ClF6N4O. The molecule has 0 saturated carbocycles. The molecule has 1 aliphatic rings. The van der Waals surface area contributed by atoms with Crippen molar-refractivity contribution in [3.63, 3.8) is 0 Å². The number of aryl methyl sites for hydroxylation is 1. The maximum absolute atomic E-state index is 13.1. The first-order valence-electron chi connectivity index (χ1n) is 9.72.